The van der Waals surface area contributed by atoms with Crippen LogP contribution in [0.1, 0.15) is 46.9 Å². The van der Waals surface area contributed by atoms with E-state index < -0.39 is 0 Å². The number of carbonyl (C=O) groups excluding carboxylic acids is 1. The second-order valence-corrected chi connectivity index (χ2v) is 7.34. The van der Waals surface area contributed by atoms with Crippen LogP contribution in [0.15, 0.2) is 6.07 Å². The van der Waals surface area contributed by atoms with Crippen LogP contribution in [-0.2, 0) is 11.8 Å². The molecular weight excluding hydrogens is 330 g/mol. The molecule has 4 rings (SSSR count). The van der Waals surface area contributed by atoms with Crippen LogP contribution < -0.4 is 5.32 Å². The molecule has 0 aromatic carbocycles. The molecule has 1 aliphatic heterocycles. The highest BCUT2D eigenvalue weighted by molar-refractivity contribution is 6.06. The highest BCUT2D eigenvalue weighted by Crippen LogP contribution is 2.40. The Morgan fingerprint density at radius 2 is 2.12 bits per heavy atom. The van der Waals surface area contributed by atoms with Crippen LogP contribution in [0, 0.1) is 6.92 Å². The van der Waals surface area contributed by atoms with Crippen LogP contribution in [0.4, 0.5) is 0 Å². The second kappa shape index (κ2) is 7.32. The first-order valence-corrected chi connectivity index (χ1v) is 9.56. The molecule has 2 fully saturated rings. The van der Waals surface area contributed by atoms with Gasteiger partial charge in [-0.1, -0.05) is 0 Å². The molecule has 2 aromatic heterocycles. The molecule has 1 aliphatic carbocycles. The van der Waals surface area contributed by atoms with E-state index in [2.05, 4.69) is 15.3 Å². The molecule has 0 unspecified atom stereocenters. The van der Waals surface area contributed by atoms with Crippen molar-refractivity contribution in [3.05, 3.63) is 23.0 Å². The SMILES string of the molecule is Cc1nn(C)c2nc(C3CC3)cc(C(=O)NCCCN3CCOCC3)c12. The van der Waals surface area contributed by atoms with E-state index in [0.717, 1.165) is 74.5 Å². The van der Waals surface area contributed by atoms with Crippen molar-refractivity contribution >= 4 is 16.9 Å². The summed E-state index contributed by atoms with van der Waals surface area (Å²) in [5.74, 6) is 0.486. The average Bonchev–Trinajstić information content (AvgIpc) is 3.46. The Morgan fingerprint density at radius 1 is 1.35 bits per heavy atom. The van der Waals surface area contributed by atoms with Gasteiger partial charge < -0.3 is 10.1 Å². The maximum absolute atomic E-state index is 12.9. The number of hydrogen-bond acceptors (Lipinski definition) is 5. The van der Waals surface area contributed by atoms with E-state index in [4.69, 9.17) is 9.72 Å². The third-order valence-corrected chi connectivity index (χ3v) is 5.27. The summed E-state index contributed by atoms with van der Waals surface area (Å²) in [6.45, 7) is 7.21. The van der Waals surface area contributed by atoms with Crippen molar-refractivity contribution in [2.75, 3.05) is 39.4 Å². The predicted octanol–water partition coefficient (Wildman–Crippen LogP) is 1.61. The average molecular weight is 357 g/mol. The fraction of sp³-hybridized carbons (Fsp3) is 0.632. The Labute approximate surface area is 153 Å². The fourth-order valence-electron chi connectivity index (χ4n) is 3.66. The maximum Gasteiger partial charge on any atom is 0.252 e. The molecule has 7 heteroatoms. The number of nitrogens with zero attached hydrogens (tertiary/aromatic N) is 4. The summed E-state index contributed by atoms with van der Waals surface area (Å²) in [5.41, 5.74) is 3.41. The lowest BCUT2D eigenvalue weighted by atomic mass is 10.1. The first kappa shape index (κ1) is 17.4. The molecule has 0 spiro atoms. The van der Waals surface area contributed by atoms with Gasteiger partial charge in [0.2, 0.25) is 0 Å². The molecule has 1 N–H and O–H groups in total. The largest absolute Gasteiger partial charge is 0.379 e. The number of aryl methyl sites for hydroxylation is 2. The van der Waals surface area contributed by atoms with Crippen LogP contribution in [0.25, 0.3) is 11.0 Å². The number of fused-ring (bicyclic) bond motifs is 1. The van der Waals surface area contributed by atoms with Gasteiger partial charge in [-0.2, -0.15) is 5.10 Å². The van der Waals surface area contributed by atoms with E-state index >= 15 is 0 Å². The number of rotatable bonds is 6. The number of morpholine rings is 1. The topological polar surface area (TPSA) is 72.3 Å². The van der Waals surface area contributed by atoms with Crippen LogP contribution in [0.2, 0.25) is 0 Å². The molecule has 0 atom stereocenters. The molecular formula is C19H27N5O2. The molecule has 1 saturated heterocycles. The Balaban J connectivity index is 1.45. The van der Waals surface area contributed by atoms with Crippen LogP contribution in [0.5, 0.6) is 0 Å². The van der Waals surface area contributed by atoms with E-state index in [0.29, 0.717) is 18.0 Å². The van der Waals surface area contributed by atoms with Crippen LogP contribution in [0.3, 0.4) is 0 Å². The van der Waals surface area contributed by atoms with Crippen molar-refractivity contribution in [1.29, 1.82) is 0 Å². The minimum atomic E-state index is -0.0163. The van der Waals surface area contributed by atoms with E-state index in [1.54, 1.807) is 4.68 Å². The van der Waals surface area contributed by atoms with E-state index in [1.807, 2.05) is 20.0 Å². The minimum absolute atomic E-state index is 0.0163. The van der Waals surface area contributed by atoms with Crippen LogP contribution in [-0.4, -0.2) is 65.0 Å². The van der Waals surface area contributed by atoms with E-state index in [9.17, 15) is 4.79 Å². The number of pyridine rings is 1. The van der Waals surface area contributed by atoms with Gasteiger partial charge in [0.05, 0.1) is 29.9 Å². The number of carbonyl (C=O) groups is 1. The number of aromatic nitrogens is 3. The number of ether oxygens (including phenoxy) is 1. The monoisotopic (exact) mass is 357 g/mol. The molecule has 2 aromatic rings. The lowest BCUT2D eigenvalue weighted by Gasteiger charge is -2.26. The molecule has 1 amide bonds. The zero-order valence-electron chi connectivity index (χ0n) is 15.6. The summed E-state index contributed by atoms with van der Waals surface area (Å²) in [5, 5.41) is 8.44. The van der Waals surface area contributed by atoms with Gasteiger partial charge in [0, 0.05) is 38.3 Å². The maximum atomic E-state index is 12.9. The first-order valence-electron chi connectivity index (χ1n) is 9.56. The lowest BCUT2D eigenvalue weighted by Crippen LogP contribution is -2.38. The first-order chi connectivity index (χ1) is 12.6. The van der Waals surface area contributed by atoms with Gasteiger partial charge in [-0.05, 0) is 38.8 Å². The summed E-state index contributed by atoms with van der Waals surface area (Å²) < 4.78 is 7.15. The Kier molecular flexibility index (Phi) is 4.91. The van der Waals surface area contributed by atoms with Gasteiger partial charge in [0.15, 0.2) is 5.65 Å². The molecule has 3 heterocycles. The van der Waals surface area contributed by atoms with Crippen molar-refractivity contribution in [1.82, 2.24) is 25.0 Å². The number of hydrogen-bond donors (Lipinski definition) is 1. The van der Waals surface area contributed by atoms with Gasteiger partial charge in [-0.25, -0.2) is 4.98 Å². The summed E-state index contributed by atoms with van der Waals surface area (Å²) in [4.78, 5) is 20.0. The standard InChI is InChI=1S/C19H27N5O2/c1-13-17-15(12-16(14-4-5-14)21-18(17)23(2)22-13)19(25)20-6-3-7-24-8-10-26-11-9-24/h12,14H,3-11H2,1-2H3,(H,20,25). The summed E-state index contributed by atoms with van der Waals surface area (Å²) in [7, 11) is 1.89. The zero-order valence-corrected chi connectivity index (χ0v) is 15.6. The molecule has 0 radical (unpaired) electrons. The van der Waals surface area contributed by atoms with Gasteiger partial charge >= 0.3 is 0 Å². The molecule has 140 valence electrons. The van der Waals surface area contributed by atoms with Gasteiger partial charge in [-0.3, -0.25) is 14.4 Å². The highest BCUT2D eigenvalue weighted by Gasteiger charge is 2.28. The van der Waals surface area contributed by atoms with Gasteiger partial charge in [0.25, 0.3) is 5.91 Å². The van der Waals surface area contributed by atoms with E-state index in [1.165, 1.54) is 0 Å². The summed E-state index contributed by atoms with van der Waals surface area (Å²) >= 11 is 0. The van der Waals surface area contributed by atoms with Crippen molar-refractivity contribution < 1.29 is 9.53 Å². The smallest absolute Gasteiger partial charge is 0.252 e. The minimum Gasteiger partial charge on any atom is -0.379 e. The molecule has 1 saturated carbocycles. The number of amides is 1. The third kappa shape index (κ3) is 3.59. The molecule has 26 heavy (non-hydrogen) atoms. The Hall–Kier alpha value is -1.99. The lowest BCUT2D eigenvalue weighted by molar-refractivity contribution is 0.0374. The summed E-state index contributed by atoms with van der Waals surface area (Å²) in [6.07, 6.45) is 3.27. The fourth-order valence-corrected chi connectivity index (χ4v) is 3.66. The quantitative estimate of drug-likeness (QED) is 0.795. The molecule has 7 nitrogen and oxygen atoms in total. The van der Waals surface area contributed by atoms with Crippen LogP contribution >= 0.6 is 0 Å². The predicted molar refractivity (Wildman–Crippen MR) is 99.4 cm³/mol. The third-order valence-electron chi connectivity index (χ3n) is 5.27. The summed E-state index contributed by atoms with van der Waals surface area (Å²) in [6, 6.07) is 1.98. The normalized spacial score (nSPS) is 18.4. The van der Waals surface area contributed by atoms with Crippen molar-refractivity contribution in [2.45, 2.75) is 32.1 Å². The van der Waals surface area contributed by atoms with Crippen molar-refractivity contribution in [2.24, 2.45) is 7.05 Å². The Morgan fingerprint density at radius 3 is 2.85 bits per heavy atom. The zero-order chi connectivity index (χ0) is 18.1. The van der Waals surface area contributed by atoms with Crippen molar-refractivity contribution in [3.63, 3.8) is 0 Å². The highest BCUT2D eigenvalue weighted by atomic mass is 16.5. The second-order valence-electron chi connectivity index (χ2n) is 7.34. The Bertz CT molecular complexity index is 806. The van der Waals surface area contributed by atoms with Crippen molar-refractivity contribution in [3.8, 4) is 0 Å². The molecule has 0 bridgehead atoms. The number of nitrogens with one attached hydrogen (secondary N) is 1. The van der Waals surface area contributed by atoms with E-state index in [-0.39, 0.29) is 5.91 Å². The van der Waals surface area contributed by atoms with Gasteiger partial charge in [0.1, 0.15) is 0 Å². The molecule has 2 aliphatic rings. The van der Waals surface area contributed by atoms with Gasteiger partial charge in [-0.15, -0.1) is 0 Å².